The van der Waals surface area contributed by atoms with Crippen LogP contribution in [0.1, 0.15) is 33.1 Å². The molecular weight excluding hydrogens is 186 g/mol. The fourth-order valence-corrected chi connectivity index (χ4v) is 3.33. The fourth-order valence-electron chi connectivity index (χ4n) is 1.73. The van der Waals surface area contributed by atoms with Crippen molar-refractivity contribution in [2.75, 3.05) is 18.8 Å². The van der Waals surface area contributed by atoms with Crippen molar-refractivity contribution in [3.8, 4) is 0 Å². The van der Waals surface area contributed by atoms with E-state index in [0.29, 0.717) is 11.7 Å². The van der Waals surface area contributed by atoms with Crippen LogP contribution in [0, 0.1) is 5.92 Å². The number of nitrogens with zero attached hydrogens (tertiary/aromatic N) is 1. The highest BCUT2D eigenvalue weighted by Gasteiger charge is 2.29. The smallest absolute Gasteiger partial charge is 0.212 e. The summed E-state index contributed by atoms with van der Waals surface area (Å²) in [6, 6.07) is 0. The van der Waals surface area contributed by atoms with Gasteiger partial charge in [0, 0.05) is 13.1 Å². The Morgan fingerprint density at radius 2 is 1.92 bits per heavy atom. The first-order valence-corrected chi connectivity index (χ1v) is 6.69. The predicted molar refractivity (Wildman–Crippen MR) is 54.0 cm³/mol. The molecule has 0 radical (unpaired) electrons. The summed E-state index contributed by atoms with van der Waals surface area (Å²) in [5.41, 5.74) is 0. The molecule has 78 valence electrons. The molecule has 0 unspecified atom stereocenters. The van der Waals surface area contributed by atoms with E-state index >= 15 is 0 Å². The van der Waals surface area contributed by atoms with Crippen LogP contribution in [-0.4, -0.2) is 31.6 Å². The SMILES string of the molecule is CCC(CC)CN1CCCS1(=O)=O. The molecule has 1 aliphatic heterocycles. The molecular formula is C9H19NO2S. The molecule has 0 saturated carbocycles. The van der Waals surface area contributed by atoms with Gasteiger partial charge in [0.25, 0.3) is 0 Å². The average molecular weight is 205 g/mol. The van der Waals surface area contributed by atoms with Crippen LogP contribution < -0.4 is 0 Å². The molecule has 3 nitrogen and oxygen atoms in total. The molecule has 0 bridgehead atoms. The Labute approximate surface area is 81.2 Å². The van der Waals surface area contributed by atoms with Crippen LogP contribution in [0.2, 0.25) is 0 Å². The molecule has 0 aromatic carbocycles. The molecule has 0 aromatic heterocycles. The molecule has 0 aliphatic carbocycles. The third-order valence-electron chi connectivity index (χ3n) is 2.82. The lowest BCUT2D eigenvalue weighted by atomic mass is 10.0. The van der Waals surface area contributed by atoms with E-state index in [4.69, 9.17) is 0 Å². The van der Waals surface area contributed by atoms with Crippen molar-refractivity contribution in [1.82, 2.24) is 4.31 Å². The van der Waals surface area contributed by atoms with E-state index in [2.05, 4.69) is 13.8 Å². The summed E-state index contributed by atoms with van der Waals surface area (Å²) in [6.45, 7) is 5.71. The monoisotopic (exact) mass is 205 g/mol. The molecule has 0 aromatic rings. The molecule has 1 rings (SSSR count). The molecule has 0 spiro atoms. The summed E-state index contributed by atoms with van der Waals surface area (Å²) in [7, 11) is -2.87. The van der Waals surface area contributed by atoms with Crippen LogP contribution in [0.5, 0.6) is 0 Å². The van der Waals surface area contributed by atoms with E-state index in [9.17, 15) is 8.42 Å². The zero-order valence-electron chi connectivity index (χ0n) is 8.49. The lowest BCUT2D eigenvalue weighted by Crippen LogP contribution is -2.30. The second-order valence-corrected chi connectivity index (χ2v) is 5.80. The lowest BCUT2D eigenvalue weighted by molar-refractivity contribution is 0.347. The van der Waals surface area contributed by atoms with Crippen LogP contribution in [0.25, 0.3) is 0 Å². The Bertz CT molecular complexity index is 244. The van der Waals surface area contributed by atoms with E-state index in [-0.39, 0.29) is 0 Å². The first kappa shape index (κ1) is 11.0. The number of hydrogen-bond donors (Lipinski definition) is 0. The van der Waals surface area contributed by atoms with Crippen molar-refractivity contribution in [2.45, 2.75) is 33.1 Å². The van der Waals surface area contributed by atoms with Crippen LogP contribution in [0.15, 0.2) is 0 Å². The highest BCUT2D eigenvalue weighted by atomic mass is 32.2. The Balaban J connectivity index is 2.53. The number of hydrogen-bond acceptors (Lipinski definition) is 2. The van der Waals surface area contributed by atoms with Crippen molar-refractivity contribution in [3.63, 3.8) is 0 Å². The van der Waals surface area contributed by atoms with Gasteiger partial charge in [-0.15, -0.1) is 0 Å². The fraction of sp³-hybridized carbons (Fsp3) is 1.00. The quantitative estimate of drug-likeness (QED) is 0.697. The topological polar surface area (TPSA) is 37.4 Å². The standard InChI is InChI=1S/C9H19NO2S/c1-3-9(4-2)8-10-6-5-7-13(10,11)12/h9H,3-8H2,1-2H3. The van der Waals surface area contributed by atoms with Crippen molar-refractivity contribution < 1.29 is 8.42 Å². The number of sulfonamides is 1. The van der Waals surface area contributed by atoms with Crippen molar-refractivity contribution in [1.29, 1.82) is 0 Å². The minimum absolute atomic E-state index is 0.354. The van der Waals surface area contributed by atoms with Crippen LogP contribution in [0.3, 0.4) is 0 Å². The van der Waals surface area contributed by atoms with E-state index in [0.717, 1.165) is 32.4 Å². The zero-order chi connectivity index (χ0) is 9.90. The Kier molecular flexibility index (Phi) is 3.74. The van der Waals surface area contributed by atoms with Crippen molar-refractivity contribution >= 4 is 10.0 Å². The minimum Gasteiger partial charge on any atom is -0.212 e. The van der Waals surface area contributed by atoms with Crippen molar-refractivity contribution in [3.05, 3.63) is 0 Å². The number of rotatable bonds is 4. The maximum Gasteiger partial charge on any atom is 0.214 e. The minimum atomic E-state index is -2.87. The van der Waals surface area contributed by atoms with Gasteiger partial charge in [-0.3, -0.25) is 0 Å². The predicted octanol–water partition coefficient (Wildman–Crippen LogP) is 1.46. The Morgan fingerprint density at radius 3 is 2.31 bits per heavy atom. The van der Waals surface area contributed by atoms with Gasteiger partial charge >= 0.3 is 0 Å². The van der Waals surface area contributed by atoms with Gasteiger partial charge in [-0.05, 0) is 12.3 Å². The molecule has 1 heterocycles. The van der Waals surface area contributed by atoms with Crippen LogP contribution >= 0.6 is 0 Å². The summed E-state index contributed by atoms with van der Waals surface area (Å²) in [6.07, 6.45) is 2.95. The summed E-state index contributed by atoms with van der Waals surface area (Å²) in [5.74, 6) is 0.889. The molecule has 4 heteroatoms. The maximum atomic E-state index is 11.5. The van der Waals surface area contributed by atoms with Gasteiger partial charge < -0.3 is 0 Å². The average Bonchev–Trinajstić information content (AvgIpc) is 2.41. The zero-order valence-corrected chi connectivity index (χ0v) is 9.31. The van der Waals surface area contributed by atoms with Gasteiger partial charge in [0.2, 0.25) is 10.0 Å². The highest BCUT2D eigenvalue weighted by Crippen LogP contribution is 2.18. The van der Waals surface area contributed by atoms with Gasteiger partial charge in [-0.25, -0.2) is 12.7 Å². The maximum absolute atomic E-state index is 11.5. The summed E-state index contributed by atoms with van der Waals surface area (Å²) in [4.78, 5) is 0. The van der Waals surface area contributed by atoms with Gasteiger partial charge in [0.05, 0.1) is 5.75 Å². The molecule has 1 fully saturated rings. The van der Waals surface area contributed by atoms with E-state index in [1.807, 2.05) is 0 Å². The highest BCUT2D eigenvalue weighted by molar-refractivity contribution is 7.89. The van der Waals surface area contributed by atoms with E-state index in [1.165, 1.54) is 0 Å². The van der Waals surface area contributed by atoms with Gasteiger partial charge in [0.15, 0.2) is 0 Å². The molecule has 0 amide bonds. The largest absolute Gasteiger partial charge is 0.214 e. The Hall–Kier alpha value is -0.0900. The van der Waals surface area contributed by atoms with Gasteiger partial charge in [-0.2, -0.15) is 0 Å². The summed E-state index contributed by atoms with van der Waals surface area (Å²) >= 11 is 0. The van der Waals surface area contributed by atoms with Gasteiger partial charge in [-0.1, -0.05) is 26.7 Å². The van der Waals surface area contributed by atoms with E-state index in [1.54, 1.807) is 4.31 Å². The second kappa shape index (κ2) is 4.42. The van der Waals surface area contributed by atoms with Gasteiger partial charge in [0.1, 0.15) is 0 Å². The third kappa shape index (κ3) is 2.68. The third-order valence-corrected chi connectivity index (χ3v) is 4.74. The Morgan fingerprint density at radius 1 is 1.31 bits per heavy atom. The lowest BCUT2D eigenvalue weighted by Gasteiger charge is -2.20. The molecule has 1 aliphatic rings. The van der Waals surface area contributed by atoms with Crippen molar-refractivity contribution in [2.24, 2.45) is 5.92 Å². The summed E-state index contributed by atoms with van der Waals surface area (Å²) in [5, 5.41) is 0. The molecule has 13 heavy (non-hydrogen) atoms. The normalized spacial score (nSPS) is 22.7. The molecule has 0 atom stereocenters. The first-order chi connectivity index (χ1) is 6.10. The molecule has 0 N–H and O–H groups in total. The van der Waals surface area contributed by atoms with Crippen LogP contribution in [0.4, 0.5) is 0 Å². The first-order valence-electron chi connectivity index (χ1n) is 5.08. The van der Waals surface area contributed by atoms with E-state index < -0.39 is 10.0 Å². The van der Waals surface area contributed by atoms with Crippen LogP contribution in [-0.2, 0) is 10.0 Å². The summed E-state index contributed by atoms with van der Waals surface area (Å²) < 4.78 is 24.6. The molecule has 1 saturated heterocycles. The second-order valence-electron chi connectivity index (χ2n) is 3.71.